The molecule has 0 saturated carbocycles. The van der Waals surface area contributed by atoms with Crippen molar-refractivity contribution in [2.24, 2.45) is 5.92 Å². The van der Waals surface area contributed by atoms with Crippen molar-refractivity contribution in [2.45, 2.75) is 12.8 Å². The molecule has 1 saturated heterocycles. The lowest BCUT2D eigenvalue weighted by atomic mass is 9.98. The van der Waals surface area contributed by atoms with Gasteiger partial charge in [-0.2, -0.15) is 5.26 Å². The van der Waals surface area contributed by atoms with Gasteiger partial charge >= 0.3 is 0 Å². The molecule has 26 heavy (non-hydrogen) atoms. The van der Waals surface area contributed by atoms with Crippen LogP contribution >= 0.6 is 0 Å². The average molecular weight is 344 g/mol. The van der Waals surface area contributed by atoms with Gasteiger partial charge in [-0.25, -0.2) is 4.98 Å². The number of hydrogen-bond acceptors (Lipinski definition) is 5. The molecule has 2 aromatic heterocycles. The molecule has 0 N–H and O–H groups in total. The number of benzene rings is 1. The van der Waals surface area contributed by atoms with Crippen molar-refractivity contribution in [3.05, 3.63) is 60.4 Å². The standard InChI is InChI=1S/C21H20N4O/c22-13-17-12-21(24-20-6-2-1-5-19(17)20)25-11-3-4-16(14-25)15-26-18-7-9-23-10-8-18/h1-2,5-10,12,16H,3-4,11,14-15H2. The smallest absolute Gasteiger partial charge is 0.130 e. The maximum atomic E-state index is 9.50. The van der Waals surface area contributed by atoms with Gasteiger partial charge in [0.1, 0.15) is 11.6 Å². The molecule has 1 aromatic carbocycles. The van der Waals surface area contributed by atoms with E-state index in [2.05, 4.69) is 16.0 Å². The first-order valence-electron chi connectivity index (χ1n) is 8.91. The Kier molecular flexibility index (Phi) is 4.65. The zero-order valence-corrected chi connectivity index (χ0v) is 14.5. The molecule has 1 aliphatic rings. The molecule has 0 radical (unpaired) electrons. The maximum absolute atomic E-state index is 9.50. The summed E-state index contributed by atoms with van der Waals surface area (Å²) < 4.78 is 5.91. The number of piperidine rings is 1. The van der Waals surface area contributed by atoms with E-state index in [9.17, 15) is 5.26 Å². The van der Waals surface area contributed by atoms with Gasteiger partial charge in [0.15, 0.2) is 0 Å². The van der Waals surface area contributed by atoms with Crippen molar-refractivity contribution in [3.8, 4) is 11.8 Å². The van der Waals surface area contributed by atoms with Crippen molar-refractivity contribution >= 4 is 16.7 Å². The number of rotatable bonds is 4. The Labute approximate surface area is 152 Å². The van der Waals surface area contributed by atoms with Crippen LogP contribution < -0.4 is 9.64 Å². The first-order chi connectivity index (χ1) is 12.8. The molecular formula is C21H20N4O. The molecule has 5 heteroatoms. The summed E-state index contributed by atoms with van der Waals surface area (Å²) in [6.45, 7) is 2.53. The summed E-state index contributed by atoms with van der Waals surface area (Å²) >= 11 is 0. The first kappa shape index (κ1) is 16.3. The Bertz CT molecular complexity index is 936. The van der Waals surface area contributed by atoms with Crippen molar-refractivity contribution in [2.75, 3.05) is 24.6 Å². The number of para-hydroxylation sites is 1. The summed E-state index contributed by atoms with van der Waals surface area (Å²) in [7, 11) is 0. The van der Waals surface area contributed by atoms with E-state index < -0.39 is 0 Å². The second-order valence-corrected chi connectivity index (χ2v) is 6.61. The second-order valence-electron chi connectivity index (χ2n) is 6.61. The van der Waals surface area contributed by atoms with Gasteiger partial charge < -0.3 is 9.64 Å². The number of nitriles is 1. The van der Waals surface area contributed by atoms with Crippen molar-refractivity contribution in [3.63, 3.8) is 0 Å². The molecule has 3 heterocycles. The van der Waals surface area contributed by atoms with Gasteiger partial charge in [0.05, 0.1) is 23.8 Å². The third kappa shape index (κ3) is 3.45. The molecule has 3 aromatic rings. The SMILES string of the molecule is N#Cc1cc(N2CCCC(COc3ccncc3)C2)nc2ccccc12. The number of hydrogen-bond donors (Lipinski definition) is 0. The summed E-state index contributed by atoms with van der Waals surface area (Å²) in [4.78, 5) is 11.1. The fourth-order valence-electron chi connectivity index (χ4n) is 3.47. The summed E-state index contributed by atoms with van der Waals surface area (Å²) in [5, 5.41) is 10.4. The van der Waals surface area contributed by atoms with Crippen LogP contribution in [0.4, 0.5) is 5.82 Å². The van der Waals surface area contributed by atoms with Crippen LogP contribution in [0.2, 0.25) is 0 Å². The number of fused-ring (bicyclic) bond motifs is 1. The average Bonchev–Trinajstić information content (AvgIpc) is 2.72. The van der Waals surface area contributed by atoms with Gasteiger partial charge in [-0.3, -0.25) is 4.98 Å². The van der Waals surface area contributed by atoms with Crippen LogP contribution in [-0.4, -0.2) is 29.7 Å². The molecule has 1 unspecified atom stereocenters. The molecule has 1 atom stereocenters. The summed E-state index contributed by atoms with van der Waals surface area (Å²) in [6.07, 6.45) is 5.72. The van der Waals surface area contributed by atoms with Gasteiger partial charge in [0.25, 0.3) is 0 Å². The van der Waals surface area contributed by atoms with E-state index in [1.807, 2.05) is 42.5 Å². The van der Waals surface area contributed by atoms with Crippen LogP contribution in [0.5, 0.6) is 5.75 Å². The summed E-state index contributed by atoms with van der Waals surface area (Å²) in [6, 6.07) is 15.8. The quantitative estimate of drug-likeness (QED) is 0.720. The minimum atomic E-state index is 0.440. The van der Waals surface area contributed by atoms with Crippen LogP contribution in [-0.2, 0) is 0 Å². The first-order valence-corrected chi connectivity index (χ1v) is 8.91. The number of anilines is 1. The van der Waals surface area contributed by atoms with Crippen LogP contribution in [0.1, 0.15) is 18.4 Å². The lowest BCUT2D eigenvalue weighted by Crippen LogP contribution is -2.38. The van der Waals surface area contributed by atoms with E-state index in [1.54, 1.807) is 12.4 Å². The third-order valence-corrected chi connectivity index (χ3v) is 4.80. The van der Waals surface area contributed by atoms with Crippen molar-refractivity contribution in [1.29, 1.82) is 5.26 Å². The molecular weight excluding hydrogens is 324 g/mol. The lowest BCUT2D eigenvalue weighted by molar-refractivity contribution is 0.228. The molecule has 5 nitrogen and oxygen atoms in total. The molecule has 4 rings (SSSR count). The van der Waals surface area contributed by atoms with Gasteiger partial charge in [-0.1, -0.05) is 18.2 Å². The van der Waals surface area contributed by atoms with Gasteiger partial charge in [-0.05, 0) is 37.1 Å². The van der Waals surface area contributed by atoms with Crippen molar-refractivity contribution in [1.82, 2.24) is 9.97 Å². The molecule has 0 bridgehead atoms. The predicted molar refractivity (Wildman–Crippen MR) is 101 cm³/mol. The fraction of sp³-hybridized carbons (Fsp3) is 0.286. The topological polar surface area (TPSA) is 62.0 Å². The Balaban J connectivity index is 1.51. The summed E-state index contributed by atoms with van der Waals surface area (Å²) in [5.74, 6) is 2.18. The zero-order valence-electron chi connectivity index (χ0n) is 14.5. The van der Waals surface area contributed by atoms with Crippen LogP contribution in [0.25, 0.3) is 10.9 Å². The molecule has 1 aliphatic heterocycles. The largest absolute Gasteiger partial charge is 0.493 e. The number of aromatic nitrogens is 2. The van der Waals surface area contributed by atoms with E-state index >= 15 is 0 Å². The minimum absolute atomic E-state index is 0.440. The highest BCUT2D eigenvalue weighted by Gasteiger charge is 2.22. The fourth-order valence-corrected chi connectivity index (χ4v) is 3.47. The molecule has 0 aliphatic carbocycles. The minimum Gasteiger partial charge on any atom is -0.493 e. The zero-order chi connectivity index (χ0) is 17.8. The van der Waals surface area contributed by atoms with E-state index in [-0.39, 0.29) is 0 Å². The lowest BCUT2D eigenvalue weighted by Gasteiger charge is -2.33. The maximum Gasteiger partial charge on any atom is 0.130 e. The number of ether oxygens (including phenoxy) is 1. The third-order valence-electron chi connectivity index (χ3n) is 4.80. The predicted octanol–water partition coefficient (Wildman–Crippen LogP) is 3.80. The van der Waals surface area contributed by atoms with Gasteiger partial charge in [-0.15, -0.1) is 0 Å². The van der Waals surface area contributed by atoms with Gasteiger partial charge in [0.2, 0.25) is 0 Å². The van der Waals surface area contributed by atoms with Gasteiger partial charge in [0, 0.05) is 36.8 Å². The molecule has 0 spiro atoms. The van der Waals surface area contributed by atoms with Crippen molar-refractivity contribution < 1.29 is 4.74 Å². The monoisotopic (exact) mass is 344 g/mol. The number of nitrogens with zero attached hydrogens (tertiary/aromatic N) is 4. The van der Waals surface area contributed by atoms with E-state index in [4.69, 9.17) is 9.72 Å². The molecule has 130 valence electrons. The van der Waals surface area contributed by atoms with E-state index in [0.29, 0.717) is 18.1 Å². The molecule has 1 fully saturated rings. The Hall–Kier alpha value is -3.13. The second kappa shape index (κ2) is 7.40. The van der Waals surface area contributed by atoms with Crippen LogP contribution in [0.3, 0.4) is 0 Å². The van der Waals surface area contributed by atoms with E-state index in [0.717, 1.165) is 48.4 Å². The molecule has 0 amide bonds. The highest BCUT2D eigenvalue weighted by atomic mass is 16.5. The Morgan fingerprint density at radius 3 is 2.88 bits per heavy atom. The Morgan fingerprint density at radius 2 is 2.04 bits per heavy atom. The summed E-state index contributed by atoms with van der Waals surface area (Å²) in [5.41, 5.74) is 1.55. The highest BCUT2D eigenvalue weighted by molar-refractivity contribution is 5.86. The Morgan fingerprint density at radius 1 is 1.19 bits per heavy atom. The number of pyridine rings is 2. The van der Waals surface area contributed by atoms with Crippen LogP contribution in [0.15, 0.2) is 54.9 Å². The highest BCUT2D eigenvalue weighted by Crippen LogP contribution is 2.26. The van der Waals surface area contributed by atoms with E-state index in [1.165, 1.54) is 0 Å². The normalized spacial score (nSPS) is 17.0. The van der Waals surface area contributed by atoms with Crippen LogP contribution in [0, 0.1) is 17.2 Å².